The van der Waals surface area contributed by atoms with Gasteiger partial charge < -0.3 is 19.9 Å². The van der Waals surface area contributed by atoms with Crippen LogP contribution in [0.15, 0.2) is 48.5 Å². The Morgan fingerprint density at radius 3 is 2.87 bits per heavy atom. The minimum atomic E-state index is -0.939. The zero-order valence-corrected chi connectivity index (χ0v) is 23.4. The Labute approximate surface area is 234 Å². The van der Waals surface area contributed by atoms with Crippen molar-refractivity contribution in [3.05, 3.63) is 71.3 Å². The van der Waals surface area contributed by atoms with Crippen LogP contribution in [0.3, 0.4) is 0 Å². The lowest BCUT2D eigenvalue weighted by molar-refractivity contribution is -0.132. The van der Waals surface area contributed by atoms with Gasteiger partial charge in [-0.25, -0.2) is 4.98 Å². The molecular weight excluding hydrogens is 519 g/mol. The third-order valence-electron chi connectivity index (χ3n) is 7.62. The van der Waals surface area contributed by atoms with E-state index in [9.17, 15) is 4.79 Å². The SMILES string of the molecule is COCCCn1c([C@@H]2CCCN(C(=O)C[C@H](N)Cc3ccc4ccccc4c3)C2)nc2c1C=CC(Cl)(Cl)C2. The molecule has 5 rings (SSSR count). The van der Waals surface area contributed by atoms with Gasteiger partial charge in [-0.2, -0.15) is 0 Å². The molecule has 0 radical (unpaired) electrons. The Kier molecular flexibility index (Phi) is 8.44. The van der Waals surface area contributed by atoms with Crippen LogP contribution in [-0.2, 0) is 28.9 Å². The van der Waals surface area contributed by atoms with Crippen LogP contribution in [0.25, 0.3) is 16.8 Å². The van der Waals surface area contributed by atoms with Crippen molar-refractivity contribution in [1.82, 2.24) is 14.5 Å². The molecule has 0 unspecified atom stereocenters. The first-order valence-electron chi connectivity index (χ1n) is 13.5. The molecule has 0 bridgehead atoms. The molecule has 1 aliphatic carbocycles. The first-order valence-corrected chi connectivity index (χ1v) is 14.2. The van der Waals surface area contributed by atoms with Crippen molar-refractivity contribution < 1.29 is 9.53 Å². The number of fused-ring (bicyclic) bond motifs is 2. The second-order valence-electron chi connectivity index (χ2n) is 10.6. The fraction of sp³-hybridized carbons (Fsp3) is 0.467. The van der Waals surface area contributed by atoms with Crippen LogP contribution in [0.2, 0.25) is 0 Å². The summed E-state index contributed by atoms with van der Waals surface area (Å²) in [5, 5.41) is 2.40. The third-order valence-corrected chi connectivity index (χ3v) is 8.14. The van der Waals surface area contributed by atoms with E-state index in [1.165, 1.54) is 10.8 Å². The first-order chi connectivity index (χ1) is 18.3. The molecule has 2 aliphatic rings. The molecule has 0 saturated carbocycles. The molecule has 1 amide bonds. The van der Waals surface area contributed by atoms with Gasteiger partial charge in [-0.3, -0.25) is 4.79 Å². The fourth-order valence-electron chi connectivity index (χ4n) is 5.76. The predicted octanol–water partition coefficient (Wildman–Crippen LogP) is 5.48. The average Bonchev–Trinajstić information content (AvgIpc) is 3.25. The Bertz CT molecular complexity index is 1320. The van der Waals surface area contributed by atoms with Crippen molar-refractivity contribution in [3.8, 4) is 0 Å². The molecule has 202 valence electrons. The molecule has 6 nitrogen and oxygen atoms in total. The van der Waals surface area contributed by atoms with Gasteiger partial charge in [0.2, 0.25) is 5.91 Å². The van der Waals surface area contributed by atoms with Crippen molar-refractivity contribution in [2.24, 2.45) is 5.73 Å². The summed E-state index contributed by atoms with van der Waals surface area (Å²) in [6, 6.07) is 14.5. The number of alkyl halides is 2. The van der Waals surface area contributed by atoms with Crippen molar-refractivity contribution in [1.29, 1.82) is 0 Å². The number of rotatable bonds is 9. The molecule has 2 N–H and O–H groups in total. The Hall–Kier alpha value is -2.38. The number of benzene rings is 2. The number of aromatic nitrogens is 2. The molecule has 3 aromatic rings. The van der Waals surface area contributed by atoms with Crippen LogP contribution in [0.1, 0.15) is 54.4 Å². The minimum absolute atomic E-state index is 0.116. The van der Waals surface area contributed by atoms with Crippen LogP contribution in [-0.4, -0.2) is 57.5 Å². The van der Waals surface area contributed by atoms with E-state index in [2.05, 4.69) is 34.9 Å². The zero-order chi connectivity index (χ0) is 26.7. The van der Waals surface area contributed by atoms with E-state index in [1.807, 2.05) is 29.2 Å². The van der Waals surface area contributed by atoms with E-state index in [4.69, 9.17) is 38.7 Å². The molecule has 1 saturated heterocycles. The molecule has 8 heteroatoms. The summed E-state index contributed by atoms with van der Waals surface area (Å²) in [4.78, 5) is 20.3. The van der Waals surface area contributed by atoms with Crippen molar-refractivity contribution >= 4 is 46.0 Å². The number of carbonyl (C=O) groups excluding carboxylic acids is 1. The summed E-state index contributed by atoms with van der Waals surface area (Å²) in [7, 11) is 1.72. The summed E-state index contributed by atoms with van der Waals surface area (Å²) in [6.45, 7) is 2.89. The number of allylic oxidation sites excluding steroid dienone is 1. The number of imidazole rings is 1. The Morgan fingerprint density at radius 1 is 1.24 bits per heavy atom. The van der Waals surface area contributed by atoms with Crippen LogP contribution in [0.5, 0.6) is 0 Å². The van der Waals surface area contributed by atoms with Gasteiger partial charge in [0.1, 0.15) is 10.2 Å². The number of piperidine rings is 1. The molecule has 1 aromatic heterocycles. The number of hydrogen-bond donors (Lipinski definition) is 1. The second kappa shape index (κ2) is 11.8. The number of carbonyl (C=O) groups is 1. The second-order valence-corrected chi connectivity index (χ2v) is 12.1. The standard InChI is InChI=1S/C30H36Cl2N4O2/c1-38-15-5-14-36-27-11-12-30(31,32)19-26(27)34-29(36)24-8-4-13-35(20-24)28(37)18-25(33)17-21-9-10-22-6-2-3-7-23(22)16-21/h2-3,6-7,9-12,16,24-25H,4-5,8,13-15,17-20,33H2,1H3/t24-,25-/m1/s1. The quantitative estimate of drug-likeness (QED) is 0.280. The lowest BCUT2D eigenvalue weighted by Gasteiger charge is -2.33. The zero-order valence-electron chi connectivity index (χ0n) is 21.9. The van der Waals surface area contributed by atoms with Crippen LogP contribution >= 0.6 is 23.2 Å². The Morgan fingerprint density at radius 2 is 2.05 bits per heavy atom. The van der Waals surface area contributed by atoms with Crippen molar-refractivity contribution in [2.75, 3.05) is 26.8 Å². The predicted molar refractivity (Wildman–Crippen MR) is 155 cm³/mol. The summed E-state index contributed by atoms with van der Waals surface area (Å²) in [6.07, 6.45) is 8.12. The Balaban J connectivity index is 1.26. The van der Waals surface area contributed by atoms with Gasteiger partial charge in [0.05, 0.1) is 11.4 Å². The maximum Gasteiger partial charge on any atom is 0.224 e. The summed E-state index contributed by atoms with van der Waals surface area (Å²) in [5.41, 5.74) is 9.62. The molecule has 2 atom stereocenters. The van der Waals surface area contributed by atoms with Crippen molar-refractivity contribution in [2.45, 2.75) is 61.4 Å². The summed E-state index contributed by atoms with van der Waals surface area (Å²) < 4.78 is 6.63. The number of nitrogens with two attached hydrogens (primary N) is 1. The highest BCUT2D eigenvalue weighted by Crippen LogP contribution is 2.37. The van der Waals surface area contributed by atoms with Gasteiger partial charge in [0.15, 0.2) is 0 Å². The average molecular weight is 556 g/mol. The van der Waals surface area contributed by atoms with E-state index in [0.29, 0.717) is 32.4 Å². The lowest BCUT2D eigenvalue weighted by Crippen LogP contribution is -2.42. The van der Waals surface area contributed by atoms with E-state index >= 15 is 0 Å². The summed E-state index contributed by atoms with van der Waals surface area (Å²) >= 11 is 12.8. The lowest BCUT2D eigenvalue weighted by atomic mass is 9.95. The van der Waals surface area contributed by atoms with Gasteiger partial charge >= 0.3 is 0 Å². The molecule has 1 aliphatic heterocycles. The van der Waals surface area contributed by atoms with Crippen LogP contribution in [0.4, 0.5) is 0 Å². The number of methoxy groups -OCH3 is 1. The molecule has 0 spiro atoms. The first kappa shape index (κ1) is 27.2. The summed E-state index contributed by atoms with van der Waals surface area (Å²) in [5.74, 6) is 1.29. The largest absolute Gasteiger partial charge is 0.385 e. The number of hydrogen-bond acceptors (Lipinski definition) is 4. The van der Waals surface area contributed by atoms with E-state index < -0.39 is 4.33 Å². The number of nitrogens with zero attached hydrogens (tertiary/aromatic N) is 3. The van der Waals surface area contributed by atoms with Gasteiger partial charge in [-0.05, 0) is 54.2 Å². The molecular formula is C30H36Cl2N4O2. The smallest absolute Gasteiger partial charge is 0.224 e. The molecule has 2 aromatic carbocycles. The molecule has 38 heavy (non-hydrogen) atoms. The third kappa shape index (κ3) is 6.26. The maximum absolute atomic E-state index is 13.3. The van der Waals surface area contributed by atoms with E-state index in [-0.39, 0.29) is 17.9 Å². The highest BCUT2D eigenvalue weighted by atomic mass is 35.5. The van der Waals surface area contributed by atoms with E-state index in [0.717, 1.165) is 55.1 Å². The van der Waals surface area contributed by atoms with Gasteiger partial charge in [-0.15, -0.1) is 0 Å². The van der Waals surface area contributed by atoms with E-state index in [1.54, 1.807) is 7.11 Å². The number of halogens is 2. The van der Waals surface area contributed by atoms with Gasteiger partial charge in [0, 0.05) is 58.2 Å². The topological polar surface area (TPSA) is 73.4 Å². The number of ether oxygens (including phenoxy) is 1. The molecule has 2 heterocycles. The highest BCUT2D eigenvalue weighted by molar-refractivity contribution is 6.50. The van der Waals surface area contributed by atoms with Gasteiger partial charge in [0.25, 0.3) is 0 Å². The molecule has 1 fully saturated rings. The maximum atomic E-state index is 13.3. The number of likely N-dealkylation sites (tertiary alicyclic amines) is 1. The van der Waals surface area contributed by atoms with Crippen LogP contribution < -0.4 is 5.73 Å². The van der Waals surface area contributed by atoms with Crippen molar-refractivity contribution in [3.63, 3.8) is 0 Å². The minimum Gasteiger partial charge on any atom is -0.385 e. The number of amides is 1. The monoisotopic (exact) mass is 554 g/mol. The normalized spacial score (nSPS) is 19.5. The van der Waals surface area contributed by atoms with Crippen LogP contribution in [0, 0.1) is 0 Å². The highest BCUT2D eigenvalue weighted by Gasteiger charge is 2.34. The fourth-order valence-corrected chi connectivity index (χ4v) is 6.14. The van der Waals surface area contributed by atoms with Gasteiger partial charge in [-0.1, -0.05) is 65.7 Å².